The van der Waals surface area contributed by atoms with E-state index in [-0.39, 0.29) is 17.3 Å². The molecule has 0 spiro atoms. The summed E-state index contributed by atoms with van der Waals surface area (Å²) in [5.74, 6) is 0.452. The zero-order chi connectivity index (χ0) is 12.8. The largest absolute Gasteiger partial charge is 0.376 e. The van der Waals surface area contributed by atoms with Crippen LogP contribution in [0.4, 0.5) is 5.69 Å². The molecule has 1 atom stereocenters. The molecule has 0 heterocycles. The zero-order valence-electron chi connectivity index (χ0n) is 9.98. The molecule has 0 saturated heterocycles. The van der Waals surface area contributed by atoms with Crippen LogP contribution in [0.3, 0.4) is 0 Å². The first-order valence-corrected chi connectivity index (χ1v) is 5.93. The van der Waals surface area contributed by atoms with Crippen molar-refractivity contribution in [1.82, 2.24) is 0 Å². The van der Waals surface area contributed by atoms with Crippen LogP contribution in [0.25, 0.3) is 0 Å². The molecule has 94 valence electrons. The minimum Gasteiger partial charge on any atom is -0.376 e. The SMILES string of the molecule is CCC(C)COCc1cccc(Cl)c1[N+](=O)[O-]. The lowest BCUT2D eigenvalue weighted by molar-refractivity contribution is -0.385. The van der Waals surface area contributed by atoms with E-state index in [1.165, 1.54) is 6.07 Å². The van der Waals surface area contributed by atoms with Crippen LogP contribution in [-0.4, -0.2) is 11.5 Å². The van der Waals surface area contributed by atoms with Crippen molar-refractivity contribution >= 4 is 17.3 Å². The van der Waals surface area contributed by atoms with Gasteiger partial charge in [0.2, 0.25) is 0 Å². The van der Waals surface area contributed by atoms with Gasteiger partial charge in [0, 0.05) is 6.61 Å². The summed E-state index contributed by atoms with van der Waals surface area (Å²) < 4.78 is 5.46. The number of halogens is 1. The van der Waals surface area contributed by atoms with E-state index in [2.05, 4.69) is 13.8 Å². The molecule has 1 aromatic carbocycles. The topological polar surface area (TPSA) is 52.4 Å². The van der Waals surface area contributed by atoms with Gasteiger partial charge in [0.15, 0.2) is 0 Å². The first-order valence-electron chi connectivity index (χ1n) is 5.55. The van der Waals surface area contributed by atoms with Crippen molar-refractivity contribution in [3.8, 4) is 0 Å². The van der Waals surface area contributed by atoms with Crippen molar-refractivity contribution in [3.63, 3.8) is 0 Å². The third-order valence-electron chi connectivity index (χ3n) is 2.61. The minimum absolute atomic E-state index is 0.0571. The number of rotatable bonds is 6. The van der Waals surface area contributed by atoms with Crippen LogP contribution in [0.15, 0.2) is 18.2 Å². The molecular weight excluding hydrogens is 242 g/mol. The van der Waals surface area contributed by atoms with Gasteiger partial charge in [-0.2, -0.15) is 0 Å². The van der Waals surface area contributed by atoms with Crippen LogP contribution < -0.4 is 0 Å². The number of nitrogens with zero attached hydrogens (tertiary/aromatic N) is 1. The van der Waals surface area contributed by atoms with Gasteiger partial charge in [0.1, 0.15) is 5.02 Å². The number of para-hydroxylation sites is 1. The van der Waals surface area contributed by atoms with Gasteiger partial charge >= 0.3 is 0 Å². The maximum absolute atomic E-state index is 10.9. The zero-order valence-corrected chi connectivity index (χ0v) is 10.7. The fraction of sp³-hybridized carbons (Fsp3) is 0.500. The van der Waals surface area contributed by atoms with Crippen molar-refractivity contribution in [1.29, 1.82) is 0 Å². The van der Waals surface area contributed by atoms with Crippen molar-refractivity contribution < 1.29 is 9.66 Å². The number of benzene rings is 1. The summed E-state index contributed by atoms with van der Waals surface area (Å²) in [6, 6.07) is 4.87. The maximum atomic E-state index is 10.9. The summed E-state index contributed by atoms with van der Waals surface area (Å²) in [5, 5.41) is 11.0. The van der Waals surface area contributed by atoms with Crippen molar-refractivity contribution in [2.45, 2.75) is 26.9 Å². The van der Waals surface area contributed by atoms with E-state index in [0.29, 0.717) is 18.1 Å². The van der Waals surface area contributed by atoms with E-state index in [9.17, 15) is 10.1 Å². The highest BCUT2D eigenvalue weighted by molar-refractivity contribution is 6.32. The van der Waals surface area contributed by atoms with Crippen LogP contribution >= 0.6 is 11.6 Å². The predicted molar refractivity (Wildman–Crippen MR) is 67.2 cm³/mol. The first-order chi connectivity index (χ1) is 8.06. The Balaban J connectivity index is 2.71. The van der Waals surface area contributed by atoms with Gasteiger partial charge in [-0.3, -0.25) is 10.1 Å². The van der Waals surface area contributed by atoms with Crippen LogP contribution in [0.2, 0.25) is 5.02 Å². The quantitative estimate of drug-likeness (QED) is 0.575. The second-order valence-electron chi connectivity index (χ2n) is 4.03. The fourth-order valence-corrected chi connectivity index (χ4v) is 1.63. The summed E-state index contributed by atoms with van der Waals surface area (Å²) in [4.78, 5) is 10.4. The summed E-state index contributed by atoms with van der Waals surface area (Å²) >= 11 is 5.80. The highest BCUT2D eigenvalue weighted by Gasteiger charge is 2.18. The summed E-state index contributed by atoms with van der Waals surface area (Å²) in [6.45, 7) is 4.98. The molecule has 0 aliphatic heterocycles. The Bertz CT molecular complexity index is 395. The predicted octanol–water partition coefficient (Wildman–Crippen LogP) is 3.81. The monoisotopic (exact) mass is 257 g/mol. The van der Waals surface area contributed by atoms with E-state index >= 15 is 0 Å². The highest BCUT2D eigenvalue weighted by atomic mass is 35.5. The molecule has 4 nitrogen and oxygen atoms in total. The van der Waals surface area contributed by atoms with Crippen LogP contribution in [0, 0.1) is 16.0 Å². The smallest absolute Gasteiger partial charge is 0.293 e. The molecule has 0 N–H and O–H groups in total. The average molecular weight is 258 g/mol. The molecule has 1 aromatic rings. The second-order valence-corrected chi connectivity index (χ2v) is 4.44. The normalized spacial score (nSPS) is 12.4. The number of nitro groups is 1. The summed E-state index contributed by atoms with van der Waals surface area (Å²) in [5.41, 5.74) is 0.462. The maximum Gasteiger partial charge on any atom is 0.293 e. The molecule has 0 aliphatic rings. The fourth-order valence-electron chi connectivity index (χ4n) is 1.37. The van der Waals surface area contributed by atoms with Crippen LogP contribution in [-0.2, 0) is 11.3 Å². The highest BCUT2D eigenvalue weighted by Crippen LogP contribution is 2.28. The van der Waals surface area contributed by atoms with Crippen LogP contribution in [0.1, 0.15) is 25.8 Å². The van der Waals surface area contributed by atoms with E-state index in [1.807, 2.05) is 0 Å². The van der Waals surface area contributed by atoms with Gasteiger partial charge in [-0.05, 0) is 18.1 Å². The lowest BCUT2D eigenvalue weighted by Gasteiger charge is -2.09. The molecule has 0 aliphatic carbocycles. The second kappa shape index (κ2) is 6.57. The Morgan fingerprint density at radius 2 is 2.24 bits per heavy atom. The number of nitro benzene ring substituents is 1. The Morgan fingerprint density at radius 1 is 1.53 bits per heavy atom. The third kappa shape index (κ3) is 3.98. The molecule has 1 rings (SSSR count). The third-order valence-corrected chi connectivity index (χ3v) is 2.91. The Morgan fingerprint density at radius 3 is 2.82 bits per heavy atom. The minimum atomic E-state index is -0.468. The Labute approximate surface area is 106 Å². The van der Waals surface area contributed by atoms with Crippen molar-refractivity contribution in [2.24, 2.45) is 5.92 Å². The molecule has 17 heavy (non-hydrogen) atoms. The van der Waals surface area contributed by atoms with Gasteiger partial charge in [-0.25, -0.2) is 0 Å². The van der Waals surface area contributed by atoms with Gasteiger partial charge in [0.05, 0.1) is 17.1 Å². The van der Waals surface area contributed by atoms with E-state index in [0.717, 1.165) is 6.42 Å². The molecule has 0 radical (unpaired) electrons. The van der Waals surface area contributed by atoms with Crippen LogP contribution in [0.5, 0.6) is 0 Å². The summed E-state index contributed by atoms with van der Waals surface area (Å²) in [6.07, 6.45) is 1.03. The molecule has 0 saturated carbocycles. The van der Waals surface area contributed by atoms with E-state index < -0.39 is 4.92 Å². The first kappa shape index (κ1) is 13.9. The Kier molecular flexibility index (Phi) is 5.38. The molecule has 0 bridgehead atoms. The summed E-state index contributed by atoms with van der Waals surface area (Å²) in [7, 11) is 0. The van der Waals surface area contributed by atoms with Gasteiger partial charge in [-0.1, -0.05) is 37.9 Å². The standard InChI is InChI=1S/C12H16ClNO3/c1-3-9(2)7-17-8-10-5-4-6-11(13)12(10)14(15)16/h4-6,9H,3,7-8H2,1-2H3. The number of hydrogen-bond acceptors (Lipinski definition) is 3. The van der Waals surface area contributed by atoms with E-state index in [1.54, 1.807) is 12.1 Å². The average Bonchev–Trinajstić information content (AvgIpc) is 2.28. The van der Waals surface area contributed by atoms with Gasteiger partial charge in [-0.15, -0.1) is 0 Å². The van der Waals surface area contributed by atoms with Gasteiger partial charge < -0.3 is 4.74 Å². The van der Waals surface area contributed by atoms with Crippen molar-refractivity contribution in [2.75, 3.05) is 6.61 Å². The molecule has 0 fully saturated rings. The number of ether oxygens (including phenoxy) is 1. The molecular formula is C12H16ClNO3. The molecule has 1 unspecified atom stereocenters. The molecule has 5 heteroatoms. The number of hydrogen-bond donors (Lipinski definition) is 0. The van der Waals surface area contributed by atoms with E-state index in [4.69, 9.17) is 16.3 Å². The molecule has 0 amide bonds. The lowest BCUT2D eigenvalue weighted by atomic mass is 10.1. The molecule has 0 aromatic heterocycles. The van der Waals surface area contributed by atoms with Crippen molar-refractivity contribution in [3.05, 3.63) is 38.9 Å². The lowest BCUT2D eigenvalue weighted by Crippen LogP contribution is -2.06. The Hall–Kier alpha value is -1.13. The van der Waals surface area contributed by atoms with Gasteiger partial charge in [0.25, 0.3) is 5.69 Å².